The third kappa shape index (κ3) is 3.49. The molecule has 2 unspecified atom stereocenters. The predicted octanol–water partition coefficient (Wildman–Crippen LogP) is 3.57. The molecule has 21 heavy (non-hydrogen) atoms. The van der Waals surface area contributed by atoms with Crippen LogP contribution in [0.4, 0.5) is 0 Å². The maximum Gasteiger partial charge on any atom is 0.0277 e. The van der Waals surface area contributed by atoms with E-state index in [1.807, 2.05) is 0 Å². The SMILES string of the molecule is CCC1(C)CN(CC2CCCc3ccccc32)CCCN1. The van der Waals surface area contributed by atoms with E-state index in [1.54, 1.807) is 11.1 Å². The van der Waals surface area contributed by atoms with Gasteiger partial charge in [0.25, 0.3) is 0 Å². The highest BCUT2D eigenvalue weighted by atomic mass is 15.2. The van der Waals surface area contributed by atoms with Gasteiger partial charge in [-0.15, -0.1) is 0 Å². The van der Waals surface area contributed by atoms with Crippen LogP contribution in [0.3, 0.4) is 0 Å². The molecule has 3 rings (SSSR count). The molecule has 116 valence electrons. The zero-order chi connectivity index (χ0) is 14.7. The minimum Gasteiger partial charge on any atom is -0.310 e. The summed E-state index contributed by atoms with van der Waals surface area (Å²) in [7, 11) is 0. The Hall–Kier alpha value is -0.860. The maximum absolute atomic E-state index is 3.75. The van der Waals surface area contributed by atoms with Gasteiger partial charge < -0.3 is 10.2 Å². The number of benzene rings is 1. The summed E-state index contributed by atoms with van der Waals surface area (Å²) in [6.07, 6.45) is 6.50. The Kier molecular flexibility index (Phi) is 4.66. The Morgan fingerprint density at radius 2 is 2.14 bits per heavy atom. The van der Waals surface area contributed by atoms with Gasteiger partial charge in [-0.25, -0.2) is 0 Å². The highest BCUT2D eigenvalue weighted by molar-refractivity contribution is 5.32. The number of fused-ring (bicyclic) bond motifs is 1. The van der Waals surface area contributed by atoms with Crippen LogP contribution in [0.5, 0.6) is 0 Å². The smallest absolute Gasteiger partial charge is 0.0277 e. The van der Waals surface area contributed by atoms with E-state index in [1.165, 1.54) is 58.3 Å². The Bertz CT molecular complexity index is 470. The Labute approximate surface area is 129 Å². The second kappa shape index (κ2) is 6.50. The Morgan fingerprint density at radius 3 is 3.00 bits per heavy atom. The minimum atomic E-state index is 0.296. The average Bonchev–Trinajstić information content (AvgIpc) is 2.70. The topological polar surface area (TPSA) is 15.3 Å². The average molecular weight is 286 g/mol. The van der Waals surface area contributed by atoms with E-state index in [-0.39, 0.29) is 0 Å². The molecule has 1 aliphatic carbocycles. The number of hydrogen-bond donors (Lipinski definition) is 1. The fraction of sp³-hybridized carbons (Fsp3) is 0.684. The molecule has 2 nitrogen and oxygen atoms in total. The normalized spacial score (nSPS) is 30.7. The van der Waals surface area contributed by atoms with Gasteiger partial charge in [-0.2, -0.15) is 0 Å². The number of aryl methyl sites for hydroxylation is 1. The Morgan fingerprint density at radius 1 is 1.29 bits per heavy atom. The van der Waals surface area contributed by atoms with Gasteiger partial charge >= 0.3 is 0 Å². The lowest BCUT2D eigenvalue weighted by Crippen LogP contribution is -2.49. The lowest BCUT2D eigenvalue weighted by molar-refractivity contribution is 0.200. The van der Waals surface area contributed by atoms with Crippen LogP contribution in [-0.4, -0.2) is 36.6 Å². The van der Waals surface area contributed by atoms with E-state index in [0.717, 1.165) is 5.92 Å². The quantitative estimate of drug-likeness (QED) is 0.914. The first-order chi connectivity index (χ1) is 10.2. The van der Waals surface area contributed by atoms with Gasteiger partial charge in [0, 0.05) is 18.6 Å². The van der Waals surface area contributed by atoms with Gasteiger partial charge in [0.15, 0.2) is 0 Å². The summed E-state index contributed by atoms with van der Waals surface area (Å²) in [6, 6.07) is 9.12. The van der Waals surface area contributed by atoms with E-state index in [2.05, 4.69) is 48.3 Å². The predicted molar refractivity (Wildman–Crippen MR) is 89.9 cm³/mol. The zero-order valence-electron chi connectivity index (χ0n) is 13.7. The molecule has 0 bridgehead atoms. The second-order valence-corrected chi connectivity index (χ2v) is 7.22. The van der Waals surface area contributed by atoms with E-state index in [4.69, 9.17) is 0 Å². The van der Waals surface area contributed by atoms with Crippen molar-refractivity contribution in [2.45, 2.75) is 57.4 Å². The van der Waals surface area contributed by atoms with Crippen LogP contribution in [0.25, 0.3) is 0 Å². The molecule has 0 aromatic heterocycles. The molecule has 2 aliphatic rings. The number of rotatable bonds is 3. The monoisotopic (exact) mass is 286 g/mol. The molecule has 1 aliphatic heterocycles. The first-order valence-electron chi connectivity index (χ1n) is 8.75. The summed E-state index contributed by atoms with van der Waals surface area (Å²) in [5.74, 6) is 0.745. The zero-order valence-corrected chi connectivity index (χ0v) is 13.7. The summed E-state index contributed by atoms with van der Waals surface area (Å²) in [4.78, 5) is 2.72. The molecule has 1 aromatic carbocycles. The molecular formula is C19H30N2. The van der Waals surface area contributed by atoms with Crippen molar-refractivity contribution >= 4 is 0 Å². The van der Waals surface area contributed by atoms with Crippen LogP contribution in [0.1, 0.15) is 56.6 Å². The molecular weight excluding hydrogens is 256 g/mol. The van der Waals surface area contributed by atoms with Crippen LogP contribution < -0.4 is 5.32 Å². The van der Waals surface area contributed by atoms with Gasteiger partial charge in [0.1, 0.15) is 0 Å². The summed E-state index contributed by atoms with van der Waals surface area (Å²) < 4.78 is 0. The summed E-state index contributed by atoms with van der Waals surface area (Å²) in [5.41, 5.74) is 3.52. The van der Waals surface area contributed by atoms with E-state index >= 15 is 0 Å². The van der Waals surface area contributed by atoms with Gasteiger partial charge in [0.05, 0.1) is 0 Å². The van der Waals surface area contributed by atoms with Crippen molar-refractivity contribution in [2.24, 2.45) is 0 Å². The van der Waals surface area contributed by atoms with Gasteiger partial charge in [0.2, 0.25) is 0 Å². The van der Waals surface area contributed by atoms with E-state index < -0.39 is 0 Å². The van der Waals surface area contributed by atoms with Crippen molar-refractivity contribution in [3.05, 3.63) is 35.4 Å². The third-order valence-electron chi connectivity index (χ3n) is 5.53. The highest BCUT2D eigenvalue weighted by Gasteiger charge is 2.29. The van der Waals surface area contributed by atoms with Gasteiger partial charge in [-0.1, -0.05) is 31.2 Å². The van der Waals surface area contributed by atoms with Crippen LogP contribution in [-0.2, 0) is 6.42 Å². The third-order valence-corrected chi connectivity index (χ3v) is 5.53. The van der Waals surface area contributed by atoms with Gasteiger partial charge in [-0.05, 0) is 69.2 Å². The summed E-state index contributed by atoms with van der Waals surface area (Å²) >= 11 is 0. The van der Waals surface area contributed by atoms with Crippen molar-refractivity contribution in [3.8, 4) is 0 Å². The standard InChI is InChI=1S/C19H30N2/c1-3-19(2)15-21(13-7-12-20-19)14-17-10-6-9-16-8-4-5-11-18(16)17/h4-5,8,11,17,20H,3,6-7,9-10,12-15H2,1-2H3. The summed E-state index contributed by atoms with van der Waals surface area (Å²) in [5, 5.41) is 3.75. The minimum absolute atomic E-state index is 0.296. The van der Waals surface area contributed by atoms with Crippen molar-refractivity contribution in [3.63, 3.8) is 0 Å². The molecule has 0 radical (unpaired) electrons. The van der Waals surface area contributed by atoms with Crippen LogP contribution in [0.2, 0.25) is 0 Å². The molecule has 1 fully saturated rings. The van der Waals surface area contributed by atoms with E-state index in [9.17, 15) is 0 Å². The maximum atomic E-state index is 3.75. The number of nitrogens with zero attached hydrogens (tertiary/aromatic N) is 1. The van der Waals surface area contributed by atoms with Crippen LogP contribution in [0, 0.1) is 0 Å². The fourth-order valence-corrected chi connectivity index (χ4v) is 4.07. The molecule has 1 heterocycles. The van der Waals surface area contributed by atoms with Crippen molar-refractivity contribution < 1.29 is 0 Å². The lowest BCUT2D eigenvalue weighted by Gasteiger charge is -2.36. The molecule has 1 saturated heterocycles. The molecule has 0 saturated carbocycles. The molecule has 1 aromatic rings. The molecule has 2 atom stereocenters. The molecule has 1 N–H and O–H groups in total. The van der Waals surface area contributed by atoms with Crippen molar-refractivity contribution in [1.29, 1.82) is 0 Å². The number of nitrogens with one attached hydrogen (secondary N) is 1. The molecule has 2 heteroatoms. The first-order valence-corrected chi connectivity index (χ1v) is 8.75. The fourth-order valence-electron chi connectivity index (χ4n) is 4.07. The Balaban J connectivity index is 1.71. The number of hydrogen-bond acceptors (Lipinski definition) is 2. The van der Waals surface area contributed by atoms with Gasteiger partial charge in [-0.3, -0.25) is 0 Å². The molecule has 0 spiro atoms. The highest BCUT2D eigenvalue weighted by Crippen LogP contribution is 2.32. The van der Waals surface area contributed by atoms with Crippen LogP contribution >= 0.6 is 0 Å². The molecule has 0 amide bonds. The lowest BCUT2D eigenvalue weighted by atomic mass is 9.82. The second-order valence-electron chi connectivity index (χ2n) is 7.22. The largest absolute Gasteiger partial charge is 0.310 e. The van der Waals surface area contributed by atoms with Crippen molar-refractivity contribution in [1.82, 2.24) is 10.2 Å². The van der Waals surface area contributed by atoms with E-state index in [0.29, 0.717) is 5.54 Å². The first kappa shape index (κ1) is 15.1. The summed E-state index contributed by atoms with van der Waals surface area (Å²) in [6.45, 7) is 9.56. The van der Waals surface area contributed by atoms with Crippen LogP contribution in [0.15, 0.2) is 24.3 Å². The van der Waals surface area contributed by atoms with Crippen molar-refractivity contribution in [2.75, 3.05) is 26.2 Å².